The van der Waals surface area contributed by atoms with E-state index < -0.39 is 47.1 Å². The van der Waals surface area contributed by atoms with Crippen molar-refractivity contribution in [1.29, 1.82) is 0 Å². The minimum absolute atomic E-state index is 0.105. The molecular weight excluding hydrogens is 593 g/mol. The molecule has 2 aromatic carbocycles. The van der Waals surface area contributed by atoms with E-state index in [1.54, 1.807) is 31.4 Å². The molecule has 3 aromatic rings. The van der Waals surface area contributed by atoms with Crippen molar-refractivity contribution >= 4 is 35.0 Å². The van der Waals surface area contributed by atoms with Gasteiger partial charge in [0.2, 0.25) is 17.7 Å². The molecule has 6 rings (SSSR count). The van der Waals surface area contributed by atoms with Gasteiger partial charge in [0.25, 0.3) is 0 Å². The topological polar surface area (TPSA) is 154 Å². The Hall–Kier alpha value is -4.87. The predicted octanol–water partition coefficient (Wildman–Crippen LogP) is 4.25. The maximum Gasteiger partial charge on any atom is 0.321 e. The molecule has 2 fully saturated rings. The lowest BCUT2D eigenvalue weighted by molar-refractivity contribution is -0.139. The second-order valence-corrected chi connectivity index (χ2v) is 12.3. The summed E-state index contributed by atoms with van der Waals surface area (Å²) in [6.45, 7) is 1.98. The minimum Gasteiger partial charge on any atom is -0.496 e. The Kier molecular flexibility index (Phi) is 8.45. The van der Waals surface area contributed by atoms with Gasteiger partial charge in [-0.05, 0) is 69.7 Å². The molecule has 3 N–H and O–H groups in total. The quantitative estimate of drug-likeness (QED) is 0.314. The van der Waals surface area contributed by atoms with E-state index in [0.717, 1.165) is 23.2 Å². The normalized spacial score (nSPS) is 27.2. The van der Waals surface area contributed by atoms with Gasteiger partial charge in [-0.2, -0.15) is 4.98 Å². The standard InChI is InChI=1S/C34H36FN5O6/c1-19-27(45-2)12-11-24-28(19)37-29(20-8-7-10-22(35)14-20)38-31(24)46-23-15-25-26(16-23)32(43)40(33(36)44)13-6-4-3-5-9-21-17-34(21,18-41)39-30(25)42/h5,7-12,14,18,21,23,25-26H,3-4,6,13,15-17H2,1-2H3,(H2,36,44)(H,39,42)/b9-5+. The molecular formula is C34H36FN5O6. The van der Waals surface area contributed by atoms with Gasteiger partial charge < -0.3 is 25.3 Å². The number of halogens is 1. The number of rotatable bonds is 5. The first-order valence-electron chi connectivity index (χ1n) is 15.5. The third-order valence-electron chi connectivity index (χ3n) is 9.32. The van der Waals surface area contributed by atoms with Crippen molar-refractivity contribution in [1.82, 2.24) is 20.2 Å². The van der Waals surface area contributed by atoms with Crippen LogP contribution in [-0.4, -0.2) is 64.3 Å². The maximum atomic E-state index is 14.2. The number of methoxy groups -OCH3 is 1. The lowest BCUT2D eigenvalue weighted by Crippen LogP contribution is -2.49. The molecule has 46 heavy (non-hydrogen) atoms. The van der Waals surface area contributed by atoms with Crippen LogP contribution in [0.15, 0.2) is 48.6 Å². The van der Waals surface area contributed by atoms with E-state index in [0.29, 0.717) is 41.5 Å². The SMILES string of the molecule is COc1ccc2c(OC3CC4C(=O)NC5(C=O)CC5/C=C/CCCCN(C(N)=O)C(=O)C4C3)nc(-c3cccc(F)c3)nc2c1C. The van der Waals surface area contributed by atoms with E-state index in [-0.39, 0.29) is 37.0 Å². The Labute approximate surface area is 265 Å². The Balaban J connectivity index is 1.37. The lowest BCUT2D eigenvalue weighted by atomic mass is 9.93. The first-order valence-corrected chi connectivity index (χ1v) is 15.5. The number of nitrogens with zero attached hydrogens (tertiary/aromatic N) is 3. The summed E-state index contributed by atoms with van der Waals surface area (Å²) in [5, 5.41) is 3.47. The number of primary amides is 1. The van der Waals surface area contributed by atoms with Gasteiger partial charge in [0.05, 0.1) is 29.8 Å². The number of fused-ring (bicyclic) bond motifs is 3. The van der Waals surface area contributed by atoms with E-state index in [2.05, 4.69) is 10.3 Å². The maximum absolute atomic E-state index is 14.2. The molecule has 0 radical (unpaired) electrons. The number of amides is 4. The van der Waals surface area contributed by atoms with Crippen LogP contribution < -0.4 is 20.5 Å². The predicted molar refractivity (Wildman–Crippen MR) is 166 cm³/mol. The highest BCUT2D eigenvalue weighted by Crippen LogP contribution is 2.45. The summed E-state index contributed by atoms with van der Waals surface area (Å²) in [5.41, 5.74) is 6.32. The van der Waals surface area contributed by atoms with Crippen LogP contribution in [0.3, 0.4) is 0 Å². The van der Waals surface area contributed by atoms with Crippen molar-refractivity contribution in [3.63, 3.8) is 0 Å². The van der Waals surface area contributed by atoms with Crippen molar-refractivity contribution < 1.29 is 33.0 Å². The monoisotopic (exact) mass is 629 g/mol. The second kappa shape index (κ2) is 12.5. The number of carbonyl (C=O) groups is 4. The van der Waals surface area contributed by atoms with Crippen LogP contribution in [-0.2, 0) is 14.4 Å². The number of aldehydes is 1. The second-order valence-electron chi connectivity index (χ2n) is 12.3. The fraction of sp³-hybridized carbons (Fsp3) is 0.412. The van der Waals surface area contributed by atoms with E-state index in [9.17, 15) is 23.6 Å². The van der Waals surface area contributed by atoms with Crippen LogP contribution in [0.5, 0.6) is 11.6 Å². The zero-order valence-electron chi connectivity index (χ0n) is 25.7. The van der Waals surface area contributed by atoms with Crippen molar-refractivity contribution in [2.45, 2.75) is 57.1 Å². The zero-order valence-corrected chi connectivity index (χ0v) is 25.7. The average Bonchev–Trinajstić information content (AvgIpc) is 3.55. The first kappa shape index (κ1) is 31.1. The molecule has 11 nitrogen and oxygen atoms in total. The number of nitrogens with two attached hydrogens (primary N) is 1. The van der Waals surface area contributed by atoms with Gasteiger partial charge in [-0.3, -0.25) is 14.5 Å². The molecule has 0 spiro atoms. The Morgan fingerprint density at radius 3 is 2.70 bits per heavy atom. The molecule has 2 heterocycles. The van der Waals surface area contributed by atoms with Gasteiger partial charge in [-0.25, -0.2) is 14.2 Å². The molecule has 0 bridgehead atoms. The first-order chi connectivity index (χ1) is 22.1. The number of aryl methyl sites for hydroxylation is 1. The zero-order chi connectivity index (χ0) is 32.6. The number of carbonyl (C=O) groups excluding carboxylic acids is 4. The molecule has 12 heteroatoms. The molecule has 4 amide bonds. The number of urea groups is 1. The molecule has 1 aromatic heterocycles. The fourth-order valence-corrected chi connectivity index (χ4v) is 6.66. The smallest absolute Gasteiger partial charge is 0.321 e. The number of allylic oxidation sites excluding steroid dienone is 1. The van der Waals surface area contributed by atoms with Crippen molar-refractivity contribution in [2.75, 3.05) is 13.7 Å². The van der Waals surface area contributed by atoms with Gasteiger partial charge in [0.1, 0.15) is 29.5 Å². The third kappa shape index (κ3) is 5.91. The number of hydrogen-bond donors (Lipinski definition) is 2. The van der Waals surface area contributed by atoms with E-state index in [1.807, 2.05) is 19.1 Å². The van der Waals surface area contributed by atoms with Crippen LogP contribution in [0, 0.1) is 30.5 Å². The van der Waals surface area contributed by atoms with Gasteiger partial charge in [0, 0.05) is 23.6 Å². The number of hydrogen-bond acceptors (Lipinski definition) is 8. The van der Waals surface area contributed by atoms with E-state index >= 15 is 0 Å². The Morgan fingerprint density at radius 2 is 1.96 bits per heavy atom. The molecule has 2 saturated carbocycles. The Bertz CT molecular complexity index is 1750. The largest absolute Gasteiger partial charge is 0.496 e. The molecule has 2 aliphatic carbocycles. The van der Waals surface area contributed by atoms with Gasteiger partial charge in [-0.1, -0.05) is 24.3 Å². The third-order valence-corrected chi connectivity index (χ3v) is 9.32. The summed E-state index contributed by atoms with van der Waals surface area (Å²) in [6.07, 6.45) is 6.69. The summed E-state index contributed by atoms with van der Waals surface area (Å²) >= 11 is 0. The van der Waals surface area contributed by atoms with Crippen molar-refractivity contribution in [3.05, 3.63) is 59.9 Å². The lowest BCUT2D eigenvalue weighted by Gasteiger charge is -2.26. The summed E-state index contributed by atoms with van der Waals surface area (Å²) in [4.78, 5) is 62.5. The van der Waals surface area contributed by atoms with Crippen LogP contribution in [0.2, 0.25) is 0 Å². The van der Waals surface area contributed by atoms with Crippen molar-refractivity contribution in [2.24, 2.45) is 23.5 Å². The number of imide groups is 1. The fourth-order valence-electron chi connectivity index (χ4n) is 6.66. The molecule has 0 saturated heterocycles. The van der Waals surface area contributed by atoms with Crippen LogP contribution >= 0.6 is 0 Å². The van der Waals surface area contributed by atoms with Gasteiger partial charge in [-0.15, -0.1) is 0 Å². The molecule has 240 valence electrons. The van der Waals surface area contributed by atoms with Crippen LogP contribution in [0.1, 0.15) is 44.1 Å². The summed E-state index contributed by atoms with van der Waals surface area (Å²) in [7, 11) is 1.55. The van der Waals surface area contributed by atoms with Crippen LogP contribution in [0.25, 0.3) is 22.3 Å². The molecule has 1 aliphatic heterocycles. The van der Waals surface area contributed by atoms with Gasteiger partial charge >= 0.3 is 6.03 Å². The highest BCUT2D eigenvalue weighted by molar-refractivity contribution is 5.98. The highest BCUT2D eigenvalue weighted by Gasteiger charge is 2.56. The number of nitrogens with one attached hydrogen (secondary N) is 1. The van der Waals surface area contributed by atoms with E-state index in [4.69, 9.17) is 20.2 Å². The van der Waals surface area contributed by atoms with Crippen molar-refractivity contribution in [3.8, 4) is 23.0 Å². The molecule has 5 unspecified atom stereocenters. The number of benzene rings is 2. The summed E-state index contributed by atoms with van der Waals surface area (Å²) < 4.78 is 26.2. The number of ether oxygens (including phenoxy) is 2. The highest BCUT2D eigenvalue weighted by atomic mass is 19.1. The molecule has 5 atom stereocenters. The summed E-state index contributed by atoms with van der Waals surface area (Å²) in [5.74, 6) is -2.36. The average molecular weight is 630 g/mol. The number of aromatic nitrogens is 2. The van der Waals surface area contributed by atoms with Gasteiger partial charge in [0.15, 0.2) is 5.82 Å². The van der Waals surface area contributed by atoms with Crippen LogP contribution in [0.4, 0.5) is 9.18 Å². The Morgan fingerprint density at radius 1 is 1.15 bits per heavy atom. The molecule has 3 aliphatic rings. The summed E-state index contributed by atoms with van der Waals surface area (Å²) in [6, 6.07) is 8.55. The minimum atomic E-state index is -1.02. The van der Waals surface area contributed by atoms with E-state index in [1.165, 1.54) is 12.1 Å².